The van der Waals surface area contributed by atoms with E-state index in [1.807, 2.05) is 0 Å². The lowest BCUT2D eigenvalue weighted by molar-refractivity contribution is 0.0591. The number of rotatable bonds is 4. The van der Waals surface area contributed by atoms with Gasteiger partial charge in [-0.1, -0.05) is 11.3 Å². The number of nitrogens with one attached hydrogen (secondary N) is 1. The minimum atomic E-state index is -0.676. The highest BCUT2D eigenvalue weighted by molar-refractivity contribution is 9.10. The SMILES string of the molecule is COC(=O)c1nc(Nc2ccc(F)c(Br)c2)sc1C(C)=O. The standard InChI is InChI=1S/C13H10BrFN2O3S/c1-6(18)11-10(12(19)20-2)17-13(21-11)16-7-3-4-9(15)8(14)5-7/h3-5H,1-2H3,(H,16,17). The topological polar surface area (TPSA) is 68.3 Å². The van der Waals surface area contributed by atoms with Crippen LogP contribution in [0.4, 0.5) is 15.2 Å². The molecule has 0 saturated carbocycles. The monoisotopic (exact) mass is 372 g/mol. The average molecular weight is 373 g/mol. The van der Waals surface area contributed by atoms with Crippen molar-refractivity contribution in [3.8, 4) is 0 Å². The van der Waals surface area contributed by atoms with Gasteiger partial charge in [-0.15, -0.1) is 0 Å². The second kappa shape index (κ2) is 6.31. The van der Waals surface area contributed by atoms with Crippen molar-refractivity contribution in [3.05, 3.63) is 39.1 Å². The van der Waals surface area contributed by atoms with E-state index in [0.717, 1.165) is 11.3 Å². The van der Waals surface area contributed by atoms with Gasteiger partial charge in [-0.05, 0) is 34.1 Å². The fraction of sp³-hybridized carbons (Fsp3) is 0.154. The van der Waals surface area contributed by atoms with E-state index >= 15 is 0 Å². The summed E-state index contributed by atoms with van der Waals surface area (Å²) in [6, 6.07) is 4.34. The van der Waals surface area contributed by atoms with Crippen LogP contribution >= 0.6 is 27.3 Å². The second-order valence-electron chi connectivity index (χ2n) is 4.00. The Bertz CT molecular complexity index is 717. The van der Waals surface area contributed by atoms with Gasteiger partial charge in [-0.25, -0.2) is 14.2 Å². The van der Waals surface area contributed by atoms with Crippen LogP contribution in [0.1, 0.15) is 27.1 Å². The number of halogens is 2. The van der Waals surface area contributed by atoms with Crippen molar-refractivity contribution in [3.63, 3.8) is 0 Å². The van der Waals surface area contributed by atoms with E-state index in [1.54, 1.807) is 0 Å². The Labute approximate surface area is 132 Å². The van der Waals surface area contributed by atoms with Gasteiger partial charge in [-0.3, -0.25) is 4.79 Å². The molecule has 5 nitrogen and oxygen atoms in total. The first-order chi connectivity index (χ1) is 9.92. The van der Waals surface area contributed by atoms with Crippen molar-refractivity contribution in [1.82, 2.24) is 4.98 Å². The highest BCUT2D eigenvalue weighted by atomic mass is 79.9. The third-order valence-corrected chi connectivity index (χ3v) is 4.18. The molecule has 0 atom stereocenters. The van der Waals surface area contributed by atoms with E-state index < -0.39 is 5.97 Å². The van der Waals surface area contributed by atoms with E-state index in [2.05, 4.69) is 31.0 Å². The summed E-state index contributed by atoms with van der Waals surface area (Å²) in [6.45, 7) is 1.35. The first kappa shape index (κ1) is 15.6. The number of aromatic nitrogens is 1. The maximum Gasteiger partial charge on any atom is 0.358 e. The number of carbonyl (C=O) groups excluding carboxylic acids is 2. The lowest BCUT2D eigenvalue weighted by atomic mass is 10.3. The third-order valence-electron chi connectivity index (χ3n) is 2.50. The van der Waals surface area contributed by atoms with E-state index in [0.29, 0.717) is 15.3 Å². The zero-order chi connectivity index (χ0) is 15.6. The largest absolute Gasteiger partial charge is 0.464 e. The van der Waals surface area contributed by atoms with Gasteiger partial charge < -0.3 is 10.1 Å². The van der Waals surface area contributed by atoms with E-state index in [1.165, 1.54) is 32.2 Å². The number of ether oxygens (including phenoxy) is 1. The molecule has 0 unspecified atom stereocenters. The Morgan fingerprint density at radius 2 is 2.14 bits per heavy atom. The van der Waals surface area contributed by atoms with Crippen molar-refractivity contribution >= 4 is 49.8 Å². The quantitative estimate of drug-likeness (QED) is 0.653. The molecule has 0 aliphatic heterocycles. The molecule has 0 saturated heterocycles. The molecule has 2 rings (SSSR count). The summed E-state index contributed by atoms with van der Waals surface area (Å²) in [6.07, 6.45) is 0. The van der Waals surface area contributed by atoms with Crippen LogP contribution in [0.5, 0.6) is 0 Å². The number of Topliss-reactive ketones (excluding diaryl/α,β-unsaturated/α-hetero) is 1. The zero-order valence-corrected chi connectivity index (χ0v) is 13.5. The van der Waals surface area contributed by atoms with Gasteiger partial charge in [0, 0.05) is 12.6 Å². The number of anilines is 2. The van der Waals surface area contributed by atoms with Crippen LogP contribution in [0.2, 0.25) is 0 Å². The van der Waals surface area contributed by atoms with Crippen molar-refractivity contribution in [2.24, 2.45) is 0 Å². The van der Waals surface area contributed by atoms with E-state index in [4.69, 9.17) is 0 Å². The van der Waals surface area contributed by atoms with Crippen LogP contribution in [0.3, 0.4) is 0 Å². The van der Waals surface area contributed by atoms with Crippen LogP contribution in [0.15, 0.2) is 22.7 Å². The van der Waals surface area contributed by atoms with Crippen LogP contribution in [-0.2, 0) is 4.74 Å². The molecule has 2 aromatic rings. The third kappa shape index (κ3) is 3.45. The molecule has 0 aliphatic carbocycles. The number of nitrogens with zero attached hydrogens (tertiary/aromatic N) is 1. The molecule has 1 N–H and O–H groups in total. The fourth-order valence-electron chi connectivity index (χ4n) is 1.54. The molecule has 1 aromatic carbocycles. The first-order valence-corrected chi connectivity index (χ1v) is 7.35. The highest BCUT2D eigenvalue weighted by Gasteiger charge is 2.21. The van der Waals surface area contributed by atoms with Crippen molar-refractivity contribution in [2.45, 2.75) is 6.92 Å². The summed E-state index contributed by atoms with van der Waals surface area (Å²) >= 11 is 4.11. The Kier molecular flexibility index (Phi) is 4.69. The number of carbonyl (C=O) groups is 2. The van der Waals surface area contributed by atoms with Gasteiger partial charge >= 0.3 is 5.97 Å². The molecule has 0 bridgehead atoms. The maximum atomic E-state index is 13.2. The van der Waals surface area contributed by atoms with Gasteiger partial charge in [-0.2, -0.15) is 0 Å². The predicted molar refractivity (Wildman–Crippen MR) is 80.8 cm³/mol. The first-order valence-electron chi connectivity index (χ1n) is 5.74. The van der Waals surface area contributed by atoms with Crippen molar-refractivity contribution < 1.29 is 18.7 Å². The summed E-state index contributed by atoms with van der Waals surface area (Å²) < 4.78 is 18.1. The van der Waals surface area contributed by atoms with Crippen LogP contribution in [0.25, 0.3) is 0 Å². The van der Waals surface area contributed by atoms with Crippen LogP contribution in [-0.4, -0.2) is 23.8 Å². The Hall–Kier alpha value is -1.80. The second-order valence-corrected chi connectivity index (χ2v) is 5.85. The molecule has 8 heteroatoms. The minimum Gasteiger partial charge on any atom is -0.464 e. The van der Waals surface area contributed by atoms with Gasteiger partial charge in [0.1, 0.15) is 10.7 Å². The molecular weight excluding hydrogens is 363 g/mol. The van der Waals surface area contributed by atoms with Crippen LogP contribution in [0, 0.1) is 5.82 Å². The summed E-state index contributed by atoms with van der Waals surface area (Å²) in [5, 5.41) is 3.26. The van der Waals surface area contributed by atoms with Crippen LogP contribution < -0.4 is 5.32 Å². The Morgan fingerprint density at radius 1 is 1.43 bits per heavy atom. The molecule has 110 valence electrons. The molecule has 1 aromatic heterocycles. The van der Waals surface area contributed by atoms with Gasteiger partial charge in [0.2, 0.25) is 0 Å². The maximum absolute atomic E-state index is 13.2. The van der Waals surface area contributed by atoms with Crippen molar-refractivity contribution in [1.29, 1.82) is 0 Å². The highest BCUT2D eigenvalue weighted by Crippen LogP contribution is 2.28. The normalized spacial score (nSPS) is 10.3. The fourth-order valence-corrected chi connectivity index (χ4v) is 2.79. The number of ketones is 1. The van der Waals surface area contributed by atoms with Gasteiger partial charge in [0.05, 0.1) is 11.6 Å². The van der Waals surface area contributed by atoms with Gasteiger partial charge in [0.15, 0.2) is 16.6 Å². The molecule has 0 aliphatic rings. The average Bonchev–Trinajstić information content (AvgIpc) is 2.86. The molecule has 0 spiro atoms. The number of esters is 1. The number of hydrogen-bond donors (Lipinski definition) is 1. The minimum absolute atomic E-state index is 0.0290. The number of benzene rings is 1. The molecule has 0 radical (unpaired) electrons. The van der Waals surface area contributed by atoms with Crippen molar-refractivity contribution in [2.75, 3.05) is 12.4 Å². The lowest BCUT2D eigenvalue weighted by Crippen LogP contribution is -2.07. The number of hydrogen-bond acceptors (Lipinski definition) is 6. The Morgan fingerprint density at radius 3 is 2.71 bits per heavy atom. The molecular formula is C13H10BrFN2O3S. The molecule has 21 heavy (non-hydrogen) atoms. The smallest absolute Gasteiger partial charge is 0.358 e. The molecule has 0 fully saturated rings. The zero-order valence-electron chi connectivity index (χ0n) is 11.1. The number of thiazole rings is 1. The van der Waals surface area contributed by atoms with Gasteiger partial charge in [0.25, 0.3) is 0 Å². The molecule has 1 heterocycles. The van der Waals surface area contributed by atoms with E-state index in [-0.39, 0.29) is 22.2 Å². The number of methoxy groups -OCH3 is 1. The summed E-state index contributed by atoms with van der Waals surface area (Å²) in [7, 11) is 1.22. The van der Waals surface area contributed by atoms with E-state index in [9.17, 15) is 14.0 Å². The summed E-state index contributed by atoms with van der Waals surface area (Å²) in [4.78, 5) is 27.4. The molecule has 0 amide bonds. The summed E-state index contributed by atoms with van der Waals surface area (Å²) in [5.41, 5.74) is 0.544. The Balaban J connectivity index is 2.34. The summed E-state index contributed by atoms with van der Waals surface area (Å²) in [5.74, 6) is -1.34. The lowest BCUT2D eigenvalue weighted by Gasteiger charge is -2.03. The predicted octanol–water partition coefficient (Wildman–Crippen LogP) is 3.78.